The van der Waals surface area contributed by atoms with Crippen molar-refractivity contribution in [3.8, 4) is 11.5 Å². The molecule has 5 nitrogen and oxygen atoms in total. The largest absolute Gasteiger partial charge is 0.468 e. The summed E-state index contributed by atoms with van der Waals surface area (Å²) in [5.74, 6) is 1.15. The summed E-state index contributed by atoms with van der Waals surface area (Å²) in [6.45, 7) is 2.54. The van der Waals surface area contributed by atoms with Crippen molar-refractivity contribution in [1.82, 2.24) is 5.32 Å². The van der Waals surface area contributed by atoms with Gasteiger partial charge in [0.05, 0.1) is 11.6 Å². The van der Waals surface area contributed by atoms with Gasteiger partial charge in [-0.25, -0.2) is 0 Å². The zero-order chi connectivity index (χ0) is 13.1. The lowest BCUT2D eigenvalue weighted by atomic mass is 10.2. The van der Waals surface area contributed by atoms with Gasteiger partial charge in [0.1, 0.15) is 6.04 Å². The van der Waals surface area contributed by atoms with E-state index in [0.29, 0.717) is 12.3 Å². The molecule has 98 valence electrons. The highest BCUT2D eigenvalue weighted by Crippen LogP contribution is 2.39. The van der Waals surface area contributed by atoms with Gasteiger partial charge in [-0.2, -0.15) is 0 Å². The molecule has 1 aromatic carbocycles. The zero-order valence-electron chi connectivity index (χ0n) is 10.2. The fraction of sp³-hybridized carbons (Fsp3) is 0.417. The fourth-order valence-corrected chi connectivity index (χ4v) is 2.26. The summed E-state index contributed by atoms with van der Waals surface area (Å²) in [7, 11) is 1.37. The molecule has 0 amide bonds. The van der Waals surface area contributed by atoms with E-state index in [1.807, 2.05) is 12.1 Å². The topological polar surface area (TPSA) is 56.8 Å². The van der Waals surface area contributed by atoms with E-state index in [2.05, 4.69) is 26.0 Å². The summed E-state index contributed by atoms with van der Waals surface area (Å²) < 4.78 is 16.1. The number of hydrogen-bond acceptors (Lipinski definition) is 5. The first kappa shape index (κ1) is 13.2. The second-order valence-electron chi connectivity index (χ2n) is 3.94. The molecule has 1 atom stereocenters. The lowest BCUT2D eigenvalue weighted by Gasteiger charge is -2.12. The van der Waals surface area contributed by atoms with Crippen molar-refractivity contribution in [2.45, 2.75) is 19.5 Å². The van der Waals surface area contributed by atoms with E-state index in [9.17, 15) is 4.79 Å². The quantitative estimate of drug-likeness (QED) is 0.859. The standard InChI is InChI=1S/C12H14BrNO4/c1-7(12(15)16-2)14-5-8-3-9(13)11-10(4-8)17-6-18-11/h3-4,7,14H,5-6H2,1-2H3/t7-/m0/s1. The number of nitrogens with one attached hydrogen (secondary N) is 1. The Hall–Kier alpha value is -1.27. The molecule has 2 rings (SSSR count). The SMILES string of the molecule is COC(=O)[C@H](C)NCc1cc(Br)c2c(c1)OCO2. The number of carbonyl (C=O) groups is 1. The van der Waals surface area contributed by atoms with Crippen LogP contribution in [0.1, 0.15) is 12.5 Å². The molecule has 0 bridgehead atoms. The van der Waals surface area contributed by atoms with Crippen LogP contribution in [0, 0.1) is 0 Å². The number of methoxy groups -OCH3 is 1. The van der Waals surface area contributed by atoms with Crippen LogP contribution in [0.3, 0.4) is 0 Å². The number of ether oxygens (including phenoxy) is 3. The van der Waals surface area contributed by atoms with Crippen molar-refractivity contribution in [2.75, 3.05) is 13.9 Å². The van der Waals surface area contributed by atoms with Crippen molar-refractivity contribution in [3.63, 3.8) is 0 Å². The van der Waals surface area contributed by atoms with E-state index in [4.69, 9.17) is 9.47 Å². The van der Waals surface area contributed by atoms with Gasteiger partial charge >= 0.3 is 5.97 Å². The average molecular weight is 316 g/mol. The predicted octanol–water partition coefficient (Wildman–Crippen LogP) is 1.83. The predicted molar refractivity (Wildman–Crippen MR) is 68.6 cm³/mol. The van der Waals surface area contributed by atoms with Crippen LogP contribution in [0.25, 0.3) is 0 Å². The maximum atomic E-state index is 11.2. The van der Waals surface area contributed by atoms with E-state index in [0.717, 1.165) is 15.8 Å². The highest BCUT2D eigenvalue weighted by molar-refractivity contribution is 9.10. The third-order valence-corrected chi connectivity index (χ3v) is 3.24. The Morgan fingerprint density at radius 3 is 3.06 bits per heavy atom. The maximum Gasteiger partial charge on any atom is 0.322 e. The molecule has 1 aromatic rings. The number of carbonyl (C=O) groups excluding carboxylic acids is 1. The molecule has 0 fully saturated rings. The Bertz CT molecular complexity index is 464. The van der Waals surface area contributed by atoms with E-state index >= 15 is 0 Å². The van der Waals surface area contributed by atoms with Gasteiger partial charge in [0.25, 0.3) is 0 Å². The number of rotatable bonds is 4. The molecule has 18 heavy (non-hydrogen) atoms. The molecule has 1 N–H and O–H groups in total. The Kier molecular flexibility index (Phi) is 4.08. The smallest absolute Gasteiger partial charge is 0.322 e. The third kappa shape index (κ3) is 2.76. The summed E-state index contributed by atoms with van der Waals surface area (Å²) in [5, 5.41) is 3.08. The van der Waals surface area contributed by atoms with Gasteiger partial charge in [-0.05, 0) is 40.5 Å². The molecular formula is C12H14BrNO4. The molecule has 6 heteroatoms. The molecule has 1 aliphatic rings. The van der Waals surface area contributed by atoms with Crippen LogP contribution in [0.5, 0.6) is 11.5 Å². The van der Waals surface area contributed by atoms with Gasteiger partial charge in [0.2, 0.25) is 6.79 Å². The molecule has 1 heterocycles. The summed E-state index contributed by atoms with van der Waals surface area (Å²) >= 11 is 3.42. The van der Waals surface area contributed by atoms with Crippen LogP contribution in [-0.4, -0.2) is 25.9 Å². The second kappa shape index (κ2) is 5.58. The highest BCUT2D eigenvalue weighted by atomic mass is 79.9. The van der Waals surface area contributed by atoms with Gasteiger partial charge in [-0.1, -0.05) is 0 Å². The molecule has 0 saturated heterocycles. The number of hydrogen-bond donors (Lipinski definition) is 1. The van der Waals surface area contributed by atoms with Crippen LogP contribution in [-0.2, 0) is 16.1 Å². The zero-order valence-corrected chi connectivity index (χ0v) is 11.7. The van der Waals surface area contributed by atoms with Gasteiger partial charge in [0.15, 0.2) is 11.5 Å². The van der Waals surface area contributed by atoms with Crippen LogP contribution in [0.4, 0.5) is 0 Å². The molecule has 0 saturated carbocycles. The molecule has 1 aliphatic heterocycles. The maximum absolute atomic E-state index is 11.2. The number of benzene rings is 1. The van der Waals surface area contributed by atoms with Crippen molar-refractivity contribution < 1.29 is 19.0 Å². The van der Waals surface area contributed by atoms with Crippen molar-refractivity contribution in [1.29, 1.82) is 0 Å². The first-order valence-electron chi connectivity index (χ1n) is 5.51. The van der Waals surface area contributed by atoms with Crippen molar-refractivity contribution >= 4 is 21.9 Å². The van der Waals surface area contributed by atoms with Gasteiger partial charge in [0, 0.05) is 6.54 Å². The van der Waals surface area contributed by atoms with Crippen molar-refractivity contribution in [2.24, 2.45) is 0 Å². The number of esters is 1. The van der Waals surface area contributed by atoms with Crippen LogP contribution in [0.2, 0.25) is 0 Å². The van der Waals surface area contributed by atoms with Gasteiger partial charge < -0.3 is 19.5 Å². The van der Waals surface area contributed by atoms with Crippen LogP contribution < -0.4 is 14.8 Å². The fourth-order valence-electron chi connectivity index (χ4n) is 1.65. The summed E-state index contributed by atoms with van der Waals surface area (Å²) in [4.78, 5) is 11.2. The molecule has 0 aromatic heterocycles. The molecule has 0 unspecified atom stereocenters. The summed E-state index contributed by atoms with van der Waals surface area (Å²) in [6, 6.07) is 3.48. The lowest BCUT2D eigenvalue weighted by molar-refractivity contribution is -0.142. The highest BCUT2D eigenvalue weighted by Gasteiger charge is 2.18. The van der Waals surface area contributed by atoms with Crippen molar-refractivity contribution in [3.05, 3.63) is 22.2 Å². The van der Waals surface area contributed by atoms with Crippen LogP contribution >= 0.6 is 15.9 Å². The molecule has 0 spiro atoms. The van der Waals surface area contributed by atoms with Crippen LogP contribution in [0.15, 0.2) is 16.6 Å². The van der Waals surface area contributed by atoms with E-state index < -0.39 is 0 Å². The molecule has 0 radical (unpaired) electrons. The summed E-state index contributed by atoms with van der Waals surface area (Å²) in [6.07, 6.45) is 0. The van der Waals surface area contributed by atoms with E-state index in [1.165, 1.54) is 7.11 Å². The van der Waals surface area contributed by atoms with E-state index in [-0.39, 0.29) is 18.8 Å². The molecular weight excluding hydrogens is 302 g/mol. The third-order valence-electron chi connectivity index (χ3n) is 2.65. The lowest BCUT2D eigenvalue weighted by Crippen LogP contribution is -2.34. The van der Waals surface area contributed by atoms with Gasteiger partial charge in [-0.3, -0.25) is 4.79 Å². The Labute approximate surface area is 114 Å². The average Bonchev–Trinajstić information content (AvgIpc) is 2.83. The minimum absolute atomic E-state index is 0.239. The normalized spacial score (nSPS) is 14.4. The monoisotopic (exact) mass is 315 g/mol. The molecule has 0 aliphatic carbocycles. The minimum atomic E-state index is -0.348. The Morgan fingerprint density at radius 1 is 1.56 bits per heavy atom. The van der Waals surface area contributed by atoms with E-state index in [1.54, 1.807) is 6.92 Å². The minimum Gasteiger partial charge on any atom is -0.468 e. The number of fused-ring (bicyclic) bond motifs is 1. The Balaban J connectivity index is 2.02. The van der Waals surface area contributed by atoms with Gasteiger partial charge in [-0.15, -0.1) is 0 Å². The first-order chi connectivity index (χ1) is 8.61. The number of halogens is 1. The summed E-state index contributed by atoms with van der Waals surface area (Å²) in [5.41, 5.74) is 1.00. The second-order valence-corrected chi connectivity index (χ2v) is 4.79. The first-order valence-corrected chi connectivity index (χ1v) is 6.30. The Morgan fingerprint density at radius 2 is 2.33 bits per heavy atom.